The number of rotatable bonds is 1. The Morgan fingerprint density at radius 3 is 2.94 bits per heavy atom. The summed E-state index contributed by atoms with van der Waals surface area (Å²) in [7, 11) is 0. The minimum atomic E-state index is 0.553. The Bertz CT molecular complexity index is 417. The lowest BCUT2D eigenvalue weighted by Crippen LogP contribution is -2.40. The van der Waals surface area contributed by atoms with Gasteiger partial charge in [0.15, 0.2) is 5.11 Å². The Kier molecular flexibility index (Phi) is 4.59. The third-order valence-electron chi connectivity index (χ3n) is 3.58. The van der Waals surface area contributed by atoms with Crippen molar-refractivity contribution in [1.29, 1.82) is 0 Å². The van der Waals surface area contributed by atoms with E-state index < -0.39 is 0 Å². The number of nitrogens with one attached hydrogen (secondary N) is 1. The average Bonchev–Trinajstić information content (AvgIpc) is 2.54. The molecule has 1 aliphatic rings. The summed E-state index contributed by atoms with van der Waals surface area (Å²) >= 11 is 5.55. The van der Waals surface area contributed by atoms with E-state index in [0.29, 0.717) is 6.04 Å². The summed E-state index contributed by atoms with van der Waals surface area (Å²) in [6, 6.07) is 8.92. The maximum atomic E-state index is 5.55. The number of aryl methyl sites for hydroxylation is 1. The van der Waals surface area contributed by atoms with Crippen LogP contribution < -0.4 is 5.32 Å². The minimum Gasteiger partial charge on any atom is -0.346 e. The standard InChI is InChI=1S/C15H22N2S/c1-12-7-6-9-14(11-12)16-15(18)17-10-5-3-4-8-13(17)2/h6-7,9,11,13H,3-5,8,10H2,1-2H3,(H,16,18). The smallest absolute Gasteiger partial charge is 0.173 e. The summed E-state index contributed by atoms with van der Waals surface area (Å²) in [6.45, 7) is 5.46. The molecule has 1 aromatic rings. The molecule has 1 N–H and O–H groups in total. The Morgan fingerprint density at radius 1 is 1.33 bits per heavy atom. The predicted molar refractivity (Wildman–Crippen MR) is 82.0 cm³/mol. The number of thiocarbonyl (C=S) groups is 1. The van der Waals surface area contributed by atoms with Crippen LogP contribution >= 0.6 is 12.2 Å². The van der Waals surface area contributed by atoms with E-state index in [1.807, 2.05) is 0 Å². The van der Waals surface area contributed by atoms with Crippen molar-refractivity contribution in [2.24, 2.45) is 0 Å². The molecule has 0 aromatic heterocycles. The molecule has 18 heavy (non-hydrogen) atoms. The number of likely N-dealkylation sites (tertiary alicyclic amines) is 1. The van der Waals surface area contributed by atoms with Crippen LogP contribution in [0.1, 0.15) is 38.2 Å². The monoisotopic (exact) mass is 262 g/mol. The maximum absolute atomic E-state index is 5.55. The van der Waals surface area contributed by atoms with E-state index in [0.717, 1.165) is 17.3 Å². The molecule has 0 bridgehead atoms. The van der Waals surface area contributed by atoms with Crippen LogP contribution in [-0.2, 0) is 0 Å². The quantitative estimate of drug-likeness (QED) is 0.771. The summed E-state index contributed by atoms with van der Waals surface area (Å²) in [6.07, 6.45) is 5.15. The molecule has 0 saturated carbocycles. The Morgan fingerprint density at radius 2 is 2.17 bits per heavy atom. The lowest BCUT2D eigenvalue weighted by Gasteiger charge is -2.30. The third kappa shape index (κ3) is 3.45. The van der Waals surface area contributed by atoms with E-state index in [9.17, 15) is 0 Å². The Labute approximate surface area is 115 Å². The lowest BCUT2D eigenvalue weighted by atomic mass is 10.1. The van der Waals surface area contributed by atoms with Crippen molar-refractivity contribution in [3.05, 3.63) is 29.8 Å². The zero-order chi connectivity index (χ0) is 13.0. The lowest BCUT2D eigenvalue weighted by molar-refractivity contribution is 0.341. The van der Waals surface area contributed by atoms with Gasteiger partial charge in [0.05, 0.1) is 0 Å². The molecule has 3 heteroatoms. The number of benzene rings is 1. The fourth-order valence-corrected chi connectivity index (χ4v) is 2.88. The van der Waals surface area contributed by atoms with Gasteiger partial charge in [0, 0.05) is 18.3 Å². The van der Waals surface area contributed by atoms with Gasteiger partial charge in [-0.25, -0.2) is 0 Å². The van der Waals surface area contributed by atoms with Crippen molar-refractivity contribution < 1.29 is 0 Å². The number of anilines is 1. The van der Waals surface area contributed by atoms with Gasteiger partial charge in [-0.15, -0.1) is 0 Å². The first-order valence-electron chi connectivity index (χ1n) is 6.81. The van der Waals surface area contributed by atoms with E-state index in [2.05, 4.69) is 48.3 Å². The van der Waals surface area contributed by atoms with Gasteiger partial charge in [-0.2, -0.15) is 0 Å². The van der Waals surface area contributed by atoms with E-state index in [4.69, 9.17) is 12.2 Å². The number of hydrogen-bond acceptors (Lipinski definition) is 1. The zero-order valence-electron chi connectivity index (χ0n) is 11.3. The summed E-state index contributed by atoms with van der Waals surface area (Å²) < 4.78 is 0. The predicted octanol–water partition coefficient (Wildman–Crippen LogP) is 3.96. The molecular weight excluding hydrogens is 240 g/mol. The molecule has 0 spiro atoms. The molecule has 1 unspecified atom stereocenters. The fraction of sp³-hybridized carbons (Fsp3) is 0.533. The number of nitrogens with zero attached hydrogens (tertiary/aromatic N) is 1. The molecule has 1 aliphatic heterocycles. The number of hydrogen-bond donors (Lipinski definition) is 1. The van der Waals surface area contributed by atoms with Gasteiger partial charge in [0.25, 0.3) is 0 Å². The first kappa shape index (κ1) is 13.3. The van der Waals surface area contributed by atoms with Crippen LogP contribution in [0, 0.1) is 6.92 Å². The molecular formula is C15H22N2S. The molecule has 0 aliphatic carbocycles. The highest BCUT2D eigenvalue weighted by molar-refractivity contribution is 7.80. The minimum absolute atomic E-state index is 0.553. The fourth-order valence-electron chi connectivity index (χ4n) is 2.49. The van der Waals surface area contributed by atoms with Crippen molar-refractivity contribution in [3.63, 3.8) is 0 Å². The van der Waals surface area contributed by atoms with Crippen molar-refractivity contribution in [2.75, 3.05) is 11.9 Å². The highest BCUT2D eigenvalue weighted by Gasteiger charge is 2.19. The van der Waals surface area contributed by atoms with Crippen molar-refractivity contribution in [3.8, 4) is 0 Å². The Balaban J connectivity index is 2.02. The average molecular weight is 262 g/mol. The van der Waals surface area contributed by atoms with Gasteiger partial charge >= 0.3 is 0 Å². The summed E-state index contributed by atoms with van der Waals surface area (Å²) in [5, 5.41) is 4.24. The second-order valence-electron chi connectivity index (χ2n) is 5.19. The molecule has 1 fully saturated rings. The third-order valence-corrected chi connectivity index (χ3v) is 3.92. The van der Waals surface area contributed by atoms with Crippen LogP contribution in [0.25, 0.3) is 0 Å². The van der Waals surface area contributed by atoms with Crippen molar-refractivity contribution in [1.82, 2.24) is 4.90 Å². The van der Waals surface area contributed by atoms with Crippen LogP contribution in [0.5, 0.6) is 0 Å². The summed E-state index contributed by atoms with van der Waals surface area (Å²) in [4.78, 5) is 2.34. The summed E-state index contributed by atoms with van der Waals surface area (Å²) in [5.41, 5.74) is 2.35. The van der Waals surface area contributed by atoms with E-state index >= 15 is 0 Å². The molecule has 1 aromatic carbocycles. The van der Waals surface area contributed by atoms with E-state index in [1.165, 1.54) is 31.2 Å². The van der Waals surface area contributed by atoms with Gasteiger partial charge in [-0.3, -0.25) is 0 Å². The first-order valence-corrected chi connectivity index (χ1v) is 7.22. The second-order valence-corrected chi connectivity index (χ2v) is 5.58. The molecule has 0 radical (unpaired) electrons. The normalized spacial score (nSPS) is 20.3. The first-order chi connectivity index (χ1) is 8.66. The molecule has 98 valence electrons. The van der Waals surface area contributed by atoms with Crippen LogP contribution in [0.3, 0.4) is 0 Å². The van der Waals surface area contributed by atoms with Gasteiger partial charge < -0.3 is 10.2 Å². The Hall–Kier alpha value is -1.09. The van der Waals surface area contributed by atoms with Crippen LogP contribution in [-0.4, -0.2) is 22.6 Å². The maximum Gasteiger partial charge on any atom is 0.173 e. The van der Waals surface area contributed by atoms with Gasteiger partial charge in [-0.05, 0) is 56.6 Å². The SMILES string of the molecule is Cc1cccc(NC(=S)N2CCCCCC2C)c1. The van der Waals surface area contributed by atoms with Crippen molar-refractivity contribution in [2.45, 2.75) is 45.6 Å². The van der Waals surface area contributed by atoms with E-state index in [-0.39, 0.29) is 0 Å². The molecule has 1 heterocycles. The van der Waals surface area contributed by atoms with Gasteiger partial charge in [0.2, 0.25) is 0 Å². The van der Waals surface area contributed by atoms with Gasteiger partial charge in [0.1, 0.15) is 0 Å². The van der Waals surface area contributed by atoms with Crippen LogP contribution in [0.15, 0.2) is 24.3 Å². The topological polar surface area (TPSA) is 15.3 Å². The van der Waals surface area contributed by atoms with E-state index in [1.54, 1.807) is 0 Å². The zero-order valence-corrected chi connectivity index (χ0v) is 12.1. The molecule has 0 amide bonds. The molecule has 2 nitrogen and oxygen atoms in total. The second kappa shape index (κ2) is 6.19. The summed E-state index contributed by atoms with van der Waals surface area (Å²) in [5.74, 6) is 0. The molecule has 1 saturated heterocycles. The highest BCUT2D eigenvalue weighted by atomic mass is 32.1. The van der Waals surface area contributed by atoms with Crippen LogP contribution in [0.2, 0.25) is 0 Å². The van der Waals surface area contributed by atoms with Crippen molar-refractivity contribution >= 4 is 23.0 Å². The molecule has 1 atom stereocenters. The van der Waals surface area contributed by atoms with Crippen LogP contribution in [0.4, 0.5) is 5.69 Å². The molecule has 2 rings (SSSR count). The largest absolute Gasteiger partial charge is 0.346 e. The highest BCUT2D eigenvalue weighted by Crippen LogP contribution is 2.18. The van der Waals surface area contributed by atoms with Gasteiger partial charge in [-0.1, -0.05) is 25.0 Å².